The molecule has 0 bridgehead atoms. The van der Waals surface area contributed by atoms with Crippen LogP contribution < -0.4 is 10.5 Å². The molecule has 0 fully saturated rings. The molecular formula is C12H16FN3O6S. The quantitative estimate of drug-likeness (QED) is 0.377. The average molecular weight is 349 g/mol. The number of carbonyl (C=O) groups excluding carboxylic acids is 1. The fourth-order valence-corrected chi connectivity index (χ4v) is 2.96. The van der Waals surface area contributed by atoms with E-state index in [0.29, 0.717) is 0 Å². The van der Waals surface area contributed by atoms with Crippen LogP contribution in [0.2, 0.25) is 0 Å². The topological polar surface area (TPSA) is 153 Å². The summed E-state index contributed by atoms with van der Waals surface area (Å²) in [6, 6.07) is 2.62. The smallest absolute Gasteiger partial charge is 0.333 e. The monoisotopic (exact) mass is 349 g/mol. The van der Waals surface area contributed by atoms with Crippen molar-refractivity contribution in [3.63, 3.8) is 0 Å². The van der Waals surface area contributed by atoms with Crippen molar-refractivity contribution in [3.05, 3.63) is 39.7 Å². The first-order chi connectivity index (χ1) is 10.3. The third kappa shape index (κ3) is 5.54. The number of carbonyl (C=O) groups is 1. The summed E-state index contributed by atoms with van der Waals surface area (Å²) in [5.41, 5.74) is 3.10. The van der Waals surface area contributed by atoms with Crippen molar-refractivity contribution in [1.29, 1.82) is 0 Å². The standard InChI is InChI=1S/C12H16FN3O6S/c1-12(2,15-23(20,21)22)6-9(11(14)17)8-5-7(16(18)19)3-4-10(8)13/h3-5,9,15H,6H2,1-2H3,(H2,14,17)(H,20,21,22). The summed E-state index contributed by atoms with van der Waals surface area (Å²) >= 11 is 0. The lowest BCUT2D eigenvalue weighted by molar-refractivity contribution is -0.385. The van der Waals surface area contributed by atoms with E-state index in [2.05, 4.69) is 0 Å². The second kappa shape index (κ2) is 6.56. The van der Waals surface area contributed by atoms with Gasteiger partial charge in [0.1, 0.15) is 5.82 Å². The van der Waals surface area contributed by atoms with Crippen molar-refractivity contribution >= 4 is 21.9 Å². The Morgan fingerprint density at radius 1 is 1.52 bits per heavy atom. The molecule has 0 aliphatic rings. The molecule has 0 aromatic heterocycles. The molecule has 1 atom stereocenters. The van der Waals surface area contributed by atoms with Crippen LogP contribution >= 0.6 is 0 Å². The Bertz CT molecular complexity index is 734. The summed E-state index contributed by atoms with van der Waals surface area (Å²) in [6.45, 7) is 2.68. The van der Waals surface area contributed by atoms with E-state index in [9.17, 15) is 27.7 Å². The molecule has 0 heterocycles. The van der Waals surface area contributed by atoms with Crippen LogP contribution in [0.5, 0.6) is 0 Å². The molecule has 1 rings (SSSR count). The molecule has 0 saturated carbocycles. The zero-order valence-corrected chi connectivity index (χ0v) is 13.1. The summed E-state index contributed by atoms with van der Waals surface area (Å²) in [4.78, 5) is 21.6. The van der Waals surface area contributed by atoms with E-state index in [1.165, 1.54) is 13.8 Å². The zero-order valence-electron chi connectivity index (χ0n) is 12.3. The highest BCUT2D eigenvalue weighted by Crippen LogP contribution is 2.30. The molecule has 9 nitrogen and oxygen atoms in total. The van der Waals surface area contributed by atoms with E-state index in [1.807, 2.05) is 4.72 Å². The Hall–Kier alpha value is -2.11. The van der Waals surface area contributed by atoms with Crippen LogP contribution in [-0.4, -0.2) is 29.3 Å². The maximum absolute atomic E-state index is 13.9. The number of non-ortho nitro benzene ring substituents is 1. The molecule has 0 aliphatic carbocycles. The Labute approximate surface area is 131 Å². The van der Waals surface area contributed by atoms with Gasteiger partial charge in [0, 0.05) is 23.2 Å². The number of benzene rings is 1. The fourth-order valence-electron chi connectivity index (χ4n) is 2.18. The molecule has 11 heteroatoms. The van der Waals surface area contributed by atoms with Gasteiger partial charge in [0.05, 0.1) is 10.8 Å². The van der Waals surface area contributed by atoms with Crippen molar-refractivity contribution < 1.29 is 27.1 Å². The van der Waals surface area contributed by atoms with Gasteiger partial charge in [-0.3, -0.25) is 19.5 Å². The first-order valence-corrected chi connectivity index (χ1v) is 7.76. The number of halogens is 1. The molecule has 128 valence electrons. The number of amides is 1. The highest BCUT2D eigenvalue weighted by atomic mass is 32.2. The van der Waals surface area contributed by atoms with Crippen LogP contribution in [0.1, 0.15) is 31.7 Å². The number of rotatable bonds is 7. The Morgan fingerprint density at radius 3 is 2.52 bits per heavy atom. The van der Waals surface area contributed by atoms with Gasteiger partial charge in [-0.2, -0.15) is 13.1 Å². The van der Waals surface area contributed by atoms with E-state index in [4.69, 9.17) is 10.3 Å². The third-order valence-electron chi connectivity index (χ3n) is 3.03. The van der Waals surface area contributed by atoms with Gasteiger partial charge >= 0.3 is 10.3 Å². The average Bonchev–Trinajstić information content (AvgIpc) is 2.33. The van der Waals surface area contributed by atoms with Crippen LogP contribution in [0.15, 0.2) is 18.2 Å². The van der Waals surface area contributed by atoms with Crippen LogP contribution in [0.25, 0.3) is 0 Å². The Balaban J connectivity index is 3.25. The summed E-state index contributed by atoms with van der Waals surface area (Å²) in [5.74, 6) is -3.21. The number of nitrogens with zero attached hydrogens (tertiary/aromatic N) is 1. The van der Waals surface area contributed by atoms with E-state index in [1.54, 1.807) is 0 Å². The Kier molecular flexibility index (Phi) is 5.40. The van der Waals surface area contributed by atoms with Crippen LogP contribution in [0.3, 0.4) is 0 Å². The fraction of sp³-hybridized carbons (Fsp3) is 0.417. The molecule has 0 saturated heterocycles. The highest BCUT2D eigenvalue weighted by molar-refractivity contribution is 7.83. The minimum Gasteiger partial charge on any atom is -0.369 e. The zero-order chi connectivity index (χ0) is 18.0. The van der Waals surface area contributed by atoms with Gasteiger partial charge < -0.3 is 5.73 Å². The second-order valence-corrected chi connectivity index (χ2v) is 6.74. The summed E-state index contributed by atoms with van der Waals surface area (Å²) in [5, 5.41) is 10.8. The molecule has 1 unspecified atom stereocenters. The van der Waals surface area contributed by atoms with Gasteiger partial charge in [-0.15, -0.1) is 0 Å². The first kappa shape index (κ1) is 18.9. The number of hydrogen-bond donors (Lipinski definition) is 3. The van der Waals surface area contributed by atoms with E-state index < -0.39 is 44.1 Å². The summed E-state index contributed by atoms with van der Waals surface area (Å²) in [7, 11) is -4.57. The number of nitro groups is 1. The van der Waals surface area contributed by atoms with E-state index >= 15 is 0 Å². The summed E-state index contributed by atoms with van der Waals surface area (Å²) < 4.78 is 46.5. The highest BCUT2D eigenvalue weighted by Gasteiger charge is 2.33. The number of hydrogen-bond acceptors (Lipinski definition) is 5. The second-order valence-electron chi connectivity index (χ2n) is 5.58. The molecule has 0 radical (unpaired) electrons. The molecule has 0 spiro atoms. The Morgan fingerprint density at radius 2 is 2.09 bits per heavy atom. The number of nitro benzene ring substituents is 1. The molecule has 0 aliphatic heterocycles. The largest absolute Gasteiger partial charge is 0.369 e. The molecule has 1 aromatic carbocycles. The van der Waals surface area contributed by atoms with Crippen LogP contribution in [0, 0.1) is 15.9 Å². The maximum atomic E-state index is 13.9. The van der Waals surface area contributed by atoms with Crippen molar-refractivity contribution in [1.82, 2.24) is 4.72 Å². The molecule has 23 heavy (non-hydrogen) atoms. The molecular weight excluding hydrogens is 333 g/mol. The van der Waals surface area contributed by atoms with Gasteiger partial charge in [0.15, 0.2) is 0 Å². The van der Waals surface area contributed by atoms with Crippen LogP contribution in [-0.2, 0) is 15.1 Å². The van der Waals surface area contributed by atoms with E-state index in [0.717, 1.165) is 18.2 Å². The predicted octanol–water partition coefficient (Wildman–Crippen LogP) is 0.864. The van der Waals surface area contributed by atoms with Crippen molar-refractivity contribution in [2.24, 2.45) is 5.73 Å². The van der Waals surface area contributed by atoms with Gasteiger partial charge in [-0.1, -0.05) is 0 Å². The lowest BCUT2D eigenvalue weighted by Gasteiger charge is -2.28. The molecule has 1 amide bonds. The minimum absolute atomic E-state index is 0.319. The van der Waals surface area contributed by atoms with Gasteiger partial charge in [-0.05, 0) is 26.3 Å². The number of nitrogens with one attached hydrogen (secondary N) is 1. The van der Waals surface area contributed by atoms with Crippen molar-refractivity contribution in [2.45, 2.75) is 31.7 Å². The third-order valence-corrected chi connectivity index (χ3v) is 3.84. The molecule has 1 aromatic rings. The first-order valence-electron chi connectivity index (χ1n) is 6.32. The number of nitrogens with two attached hydrogens (primary N) is 1. The van der Waals surface area contributed by atoms with E-state index in [-0.39, 0.29) is 12.0 Å². The predicted molar refractivity (Wildman–Crippen MR) is 78.4 cm³/mol. The normalized spacial score (nSPS) is 13.6. The van der Waals surface area contributed by atoms with Gasteiger partial charge in [0.2, 0.25) is 5.91 Å². The lowest BCUT2D eigenvalue weighted by Crippen LogP contribution is -2.45. The molecule has 4 N–H and O–H groups in total. The number of primary amides is 1. The summed E-state index contributed by atoms with van der Waals surface area (Å²) in [6.07, 6.45) is -0.319. The van der Waals surface area contributed by atoms with Crippen molar-refractivity contribution in [2.75, 3.05) is 0 Å². The maximum Gasteiger partial charge on any atom is 0.333 e. The minimum atomic E-state index is -4.57. The van der Waals surface area contributed by atoms with Gasteiger partial charge in [0.25, 0.3) is 5.69 Å². The lowest BCUT2D eigenvalue weighted by atomic mass is 9.85. The van der Waals surface area contributed by atoms with Crippen LogP contribution in [0.4, 0.5) is 10.1 Å². The van der Waals surface area contributed by atoms with Gasteiger partial charge in [-0.25, -0.2) is 4.39 Å². The SMILES string of the molecule is CC(C)(CC(C(N)=O)c1cc([N+](=O)[O-])ccc1F)NS(=O)(=O)O. The van der Waals surface area contributed by atoms with Crippen molar-refractivity contribution in [3.8, 4) is 0 Å².